The number of anilines is 1. The van der Waals surface area contributed by atoms with Gasteiger partial charge in [-0.15, -0.1) is 0 Å². The Morgan fingerprint density at radius 3 is 2.56 bits per heavy atom. The number of halogens is 3. The second kappa shape index (κ2) is 8.67. The standard InChI is InChI=1S/C19H14Cl3NO4/c20-11-1-5-18(16(22)7-11)26-10-19(25)23-12-2-4-15(21)14(8-12)17-6-3-13(9-24)27-17/h1-8,24H,9-10H2,(H,23,25). The molecule has 0 fully saturated rings. The van der Waals surface area contributed by atoms with Crippen molar-refractivity contribution < 1.29 is 19.1 Å². The summed E-state index contributed by atoms with van der Waals surface area (Å²) >= 11 is 18.0. The van der Waals surface area contributed by atoms with Gasteiger partial charge in [-0.2, -0.15) is 0 Å². The summed E-state index contributed by atoms with van der Waals surface area (Å²) in [6.07, 6.45) is 0. The first kappa shape index (κ1) is 19.6. The maximum absolute atomic E-state index is 12.2. The summed E-state index contributed by atoms with van der Waals surface area (Å²) in [5.41, 5.74) is 1.11. The van der Waals surface area contributed by atoms with Crippen molar-refractivity contribution in [2.45, 2.75) is 6.61 Å². The molecule has 0 aliphatic heterocycles. The highest BCUT2D eigenvalue weighted by molar-refractivity contribution is 6.35. The third-order valence-electron chi connectivity index (χ3n) is 3.59. The van der Waals surface area contributed by atoms with Gasteiger partial charge in [0.2, 0.25) is 0 Å². The van der Waals surface area contributed by atoms with Crippen molar-refractivity contribution in [1.82, 2.24) is 0 Å². The van der Waals surface area contributed by atoms with Crippen LogP contribution in [-0.2, 0) is 11.4 Å². The fourth-order valence-corrected chi connectivity index (χ4v) is 3.01. The van der Waals surface area contributed by atoms with Crippen molar-refractivity contribution in [1.29, 1.82) is 0 Å². The summed E-state index contributed by atoms with van der Waals surface area (Å²) in [5, 5.41) is 13.1. The van der Waals surface area contributed by atoms with Crippen molar-refractivity contribution >= 4 is 46.4 Å². The van der Waals surface area contributed by atoms with Crippen LogP contribution in [0.4, 0.5) is 5.69 Å². The molecule has 0 radical (unpaired) electrons. The van der Waals surface area contributed by atoms with E-state index in [0.717, 1.165) is 0 Å². The van der Waals surface area contributed by atoms with Crippen LogP contribution in [0.3, 0.4) is 0 Å². The molecule has 3 aromatic rings. The third-order valence-corrected chi connectivity index (χ3v) is 4.45. The Morgan fingerprint density at radius 2 is 1.85 bits per heavy atom. The van der Waals surface area contributed by atoms with Crippen LogP contribution in [0.25, 0.3) is 11.3 Å². The molecule has 8 heteroatoms. The van der Waals surface area contributed by atoms with Gasteiger partial charge in [0.15, 0.2) is 6.61 Å². The van der Waals surface area contributed by atoms with Crippen LogP contribution in [0.1, 0.15) is 5.76 Å². The minimum absolute atomic E-state index is 0.210. The number of hydrogen-bond acceptors (Lipinski definition) is 4. The van der Waals surface area contributed by atoms with Crippen molar-refractivity contribution in [2.75, 3.05) is 11.9 Å². The zero-order valence-electron chi connectivity index (χ0n) is 13.8. The molecule has 27 heavy (non-hydrogen) atoms. The van der Waals surface area contributed by atoms with E-state index in [1.165, 1.54) is 6.07 Å². The summed E-state index contributed by atoms with van der Waals surface area (Å²) < 4.78 is 10.9. The lowest BCUT2D eigenvalue weighted by Gasteiger charge is -2.10. The summed E-state index contributed by atoms with van der Waals surface area (Å²) in [7, 11) is 0. The van der Waals surface area contributed by atoms with Gasteiger partial charge in [-0.25, -0.2) is 0 Å². The lowest BCUT2D eigenvalue weighted by molar-refractivity contribution is -0.118. The molecule has 5 nitrogen and oxygen atoms in total. The van der Waals surface area contributed by atoms with E-state index in [1.54, 1.807) is 42.5 Å². The number of aliphatic hydroxyl groups is 1. The number of carbonyl (C=O) groups is 1. The molecule has 0 spiro atoms. The minimum Gasteiger partial charge on any atom is -0.482 e. The number of aliphatic hydroxyl groups excluding tert-OH is 1. The highest BCUT2D eigenvalue weighted by Gasteiger charge is 2.12. The quantitative estimate of drug-likeness (QED) is 0.552. The van der Waals surface area contributed by atoms with Crippen molar-refractivity contribution in [3.63, 3.8) is 0 Å². The average Bonchev–Trinajstić information content (AvgIpc) is 3.11. The smallest absolute Gasteiger partial charge is 0.262 e. The van der Waals surface area contributed by atoms with Crippen LogP contribution in [0.2, 0.25) is 15.1 Å². The zero-order valence-corrected chi connectivity index (χ0v) is 16.1. The van der Waals surface area contributed by atoms with Crippen LogP contribution in [0, 0.1) is 0 Å². The van der Waals surface area contributed by atoms with Crippen LogP contribution < -0.4 is 10.1 Å². The van der Waals surface area contributed by atoms with E-state index in [2.05, 4.69) is 5.32 Å². The van der Waals surface area contributed by atoms with Crippen LogP contribution in [0.15, 0.2) is 52.9 Å². The third kappa shape index (κ3) is 4.96. The predicted octanol–water partition coefficient (Wildman–Crippen LogP) is 5.42. The number of benzene rings is 2. The summed E-state index contributed by atoms with van der Waals surface area (Å²) in [4.78, 5) is 12.2. The van der Waals surface area contributed by atoms with Crippen LogP contribution in [-0.4, -0.2) is 17.6 Å². The molecule has 0 aliphatic carbocycles. The zero-order chi connectivity index (χ0) is 19.4. The predicted molar refractivity (Wildman–Crippen MR) is 106 cm³/mol. The lowest BCUT2D eigenvalue weighted by atomic mass is 10.1. The van der Waals surface area contributed by atoms with Gasteiger partial charge in [0.1, 0.15) is 23.9 Å². The van der Waals surface area contributed by atoms with Gasteiger partial charge in [-0.05, 0) is 48.5 Å². The van der Waals surface area contributed by atoms with Gasteiger partial charge in [0, 0.05) is 16.3 Å². The van der Waals surface area contributed by atoms with Crippen molar-refractivity contribution in [3.8, 4) is 17.1 Å². The normalized spacial score (nSPS) is 10.7. The Labute approximate surface area is 170 Å². The lowest BCUT2D eigenvalue weighted by Crippen LogP contribution is -2.20. The topological polar surface area (TPSA) is 71.7 Å². The summed E-state index contributed by atoms with van der Waals surface area (Å²) in [5.74, 6) is 0.901. The highest BCUT2D eigenvalue weighted by Crippen LogP contribution is 2.32. The number of carbonyl (C=O) groups excluding carboxylic acids is 1. The SMILES string of the molecule is O=C(COc1ccc(Cl)cc1Cl)Nc1ccc(Cl)c(-c2ccc(CO)o2)c1. The molecule has 0 saturated carbocycles. The summed E-state index contributed by atoms with van der Waals surface area (Å²) in [6.45, 7) is -0.437. The molecule has 3 rings (SSSR count). The number of ether oxygens (including phenoxy) is 1. The molecule has 0 unspecified atom stereocenters. The Hall–Kier alpha value is -2.18. The second-order valence-corrected chi connectivity index (χ2v) is 6.78. The molecule has 1 amide bonds. The Bertz CT molecular complexity index is 971. The number of rotatable bonds is 6. The first-order valence-corrected chi connectivity index (χ1v) is 8.97. The molecular weight excluding hydrogens is 413 g/mol. The first-order valence-electron chi connectivity index (χ1n) is 7.83. The second-order valence-electron chi connectivity index (χ2n) is 5.53. The monoisotopic (exact) mass is 425 g/mol. The van der Waals surface area contributed by atoms with E-state index in [0.29, 0.717) is 43.6 Å². The minimum atomic E-state index is -0.371. The molecular formula is C19H14Cl3NO4. The number of furan rings is 1. The van der Waals surface area contributed by atoms with E-state index >= 15 is 0 Å². The van der Waals surface area contributed by atoms with E-state index in [-0.39, 0.29) is 19.1 Å². The molecule has 1 heterocycles. The van der Waals surface area contributed by atoms with Gasteiger partial charge in [-0.3, -0.25) is 4.79 Å². The molecule has 2 N–H and O–H groups in total. The van der Waals surface area contributed by atoms with Gasteiger partial charge >= 0.3 is 0 Å². The fraction of sp³-hybridized carbons (Fsp3) is 0.105. The molecule has 0 atom stereocenters. The maximum Gasteiger partial charge on any atom is 0.262 e. The number of amides is 1. The molecule has 0 aliphatic rings. The van der Waals surface area contributed by atoms with Crippen molar-refractivity contribution in [3.05, 3.63) is 69.4 Å². The molecule has 2 aromatic carbocycles. The first-order chi connectivity index (χ1) is 13.0. The fourth-order valence-electron chi connectivity index (χ4n) is 2.33. The van der Waals surface area contributed by atoms with E-state index < -0.39 is 0 Å². The molecule has 1 aromatic heterocycles. The van der Waals surface area contributed by atoms with Gasteiger partial charge in [0.05, 0.1) is 10.0 Å². The highest BCUT2D eigenvalue weighted by atomic mass is 35.5. The Balaban J connectivity index is 1.68. The Morgan fingerprint density at radius 1 is 1.04 bits per heavy atom. The molecule has 0 bridgehead atoms. The average molecular weight is 427 g/mol. The maximum atomic E-state index is 12.2. The van der Waals surface area contributed by atoms with Crippen LogP contribution >= 0.6 is 34.8 Å². The van der Waals surface area contributed by atoms with Gasteiger partial charge in [-0.1, -0.05) is 34.8 Å². The van der Waals surface area contributed by atoms with Gasteiger partial charge < -0.3 is 19.6 Å². The van der Waals surface area contributed by atoms with E-state index in [9.17, 15) is 4.79 Å². The largest absolute Gasteiger partial charge is 0.482 e. The van der Waals surface area contributed by atoms with E-state index in [4.69, 9.17) is 49.1 Å². The summed E-state index contributed by atoms with van der Waals surface area (Å²) in [6, 6.07) is 13.1. The van der Waals surface area contributed by atoms with Gasteiger partial charge in [0.25, 0.3) is 5.91 Å². The van der Waals surface area contributed by atoms with Crippen LogP contribution in [0.5, 0.6) is 5.75 Å². The van der Waals surface area contributed by atoms with Crippen molar-refractivity contribution in [2.24, 2.45) is 0 Å². The molecule has 0 saturated heterocycles. The molecule has 140 valence electrons. The Kier molecular flexibility index (Phi) is 6.29. The number of nitrogens with one attached hydrogen (secondary N) is 1. The number of hydrogen-bond donors (Lipinski definition) is 2. The van der Waals surface area contributed by atoms with E-state index in [1.807, 2.05) is 0 Å².